The van der Waals surface area contributed by atoms with Crippen molar-refractivity contribution in [2.24, 2.45) is 5.92 Å². The van der Waals surface area contributed by atoms with Crippen molar-refractivity contribution in [3.05, 3.63) is 12.2 Å². The van der Waals surface area contributed by atoms with Crippen LogP contribution < -0.4 is 0 Å². The molecule has 28 heavy (non-hydrogen) atoms. The van der Waals surface area contributed by atoms with Gasteiger partial charge in [-0.15, -0.1) is 0 Å². The summed E-state index contributed by atoms with van der Waals surface area (Å²) in [7, 11) is 0. The van der Waals surface area contributed by atoms with Crippen molar-refractivity contribution in [3.63, 3.8) is 0 Å². The number of aromatic amines is 1. The van der Waals surface area contributed by atoms with Crippen molar-refractivity contribution in [2.75, 3.05) is 26.2 Å². The number of nitrogens with zero attached hydrogens (tertiary/aromatic N) is 4. The van der Waals surface area contributed by atoms with Crippen molar-refractivity contribution in [3.8, 4) is 0 Å². The number of hydrogen-bond acceptors (Lipinski definition) is 7. The Hall–Kier alpha value is -3.02. The molecule has 3 rings (SSSR count). The maximum Gasteiger partial charge on any atom is 0.307 e. The first kappa shape index (κ1) is 23.0. The summed E-state index contributed by atoms with van der Waals surface area (Å²) in [5, 5.41) is 29.3. The molecule has 0 aromatic carbocycles. The molecule has 0 saturated carbocycles. The van der Waals surface area contributed by atoms with Crippen LogP contribution in [0.1, 0.15) is 36.3 Å². The van der Waals surface area contributed by atoms with Crippen LogP contribution in [0.2, 0.25) is 0 Å². The molecule has 0 bridgehead atoms. The fraction of sp³-hybridized carbons (Fsp3) is 0.625. The van der Waals surface area contributed by atoms with Crippen LogP contribution in [-0.4, -0.2) is 97.3 Å². The molecule has 3 heterocycles. The number of likely N-dealkylation sites (tertiary alicyclic amines) is 2. The summed E-state index contributed by atoms with van der Waals surface area (Å²) in [5.41, 5.74) is 0. The standard InChI is InChI=1S/C14H21N5O3.2CH2O2/c20-13(12-15-9-16-17-12)18-6-3-11(4-7-18)19-5-1-2-10(8-19)14(21)22;2*2-1-3/h9-11H,1-8H2,(H,21,22)(H,15,16,17);2*1H,(H,2,3). The average molecular weight is 399 g/mol. The Bertz CT molecular complexity index is 611. The van der Waals surface area contributed by atoms with Gasteiger partial charge in [-0.2, -0.15) is 5.10 Å². The van der Waals surface area contributed by atoms with Gasteiger partial charge in [-0.3, -0.25) is 29.2 Å². The zero-order valence-corrected chi connectivity index (χ0v) is 15.3. The second-order valence-electron chi connectivity index (χ2n) is 6.24. The van der Waals surface area contributed by atoms with E-state index in [0.717, 1.165) is 32.2 Å². The number of carbonyl (C=O) groups is 4. The highest BCUT2D eigenvalue weighted by atomic mass is 16.4. The van der Waals surface area contributed by atoms with Gasteiger partial charge in [-0.1, -0.05) is 0 Å². The molecule has 2 fully saturated rings. The number of aromatic nitrogens is 3. The van der Waals surface area contributed by atoms with E-state index < -0.39 is 5.97 Å². The summed E-state index contributed by atoms with van der Waals surface area (Å²) in [6, 6.07) is 0.376. The highest BCUT2D eigenvalue weighted by molar-refractivity contribution is 5.90. The highest BCUT2D eigenvalue weighted by Gasteiger charge is 2.32. The van der Waals surface area contributed by atoms with E-state index in [0.29, 0.717) is 25.7 Å². The fourth-order valence-corrected chi connectivity index (χ4v) is 3.43. The van der Waals surface area contributed by atoms with Crippen LogP contribution in [0.3, 0.4) is 0 Å². The van der Waals surface area contributed by atoms with Crippen molar-refractivity contribution >= 4 is 24.8 Å². The fourth-order valence-electron chi connectivity index (χ4n) is 3.43. The van der Waals surface area contributed by atoms with Gasteiger partial charge in [-0.05, 0) is 32.2 Å². The number of piperidine rings is 2. The molecular formula is C16H25N5O7. The number of amides is 1. The van der Waals surface area contributed by atoms with Crippen LogP contribution in [0.15, 0.2) is 6.33 Å². The molecule has 2 aliphatic heterocycles. The van der Waals surface area contributed by atoms with E-state index in [1.807, 2.05) is 0 Å². The lowest BCUT2D eigenvalue weighted by molar-refractivity contribution is -0.144. The Labute approximate surface area is 161 Å². The summed E-state index contributed by atoms with van der Waals surface area (Å²) in [6.45, 7) is 2.46. The molecule has 1 unspecified atom stereocenters. The second kappa shape index (κ2) is 12.4. The van der Waals surface area contributed by atoms with Gasteiger partial charge in [0, 0.05) is 25.7 Å². The van der Waals surface area contributed by atoms with Crippen LogP contribution >= 0.6 is 0 Å². The second-order valence-corrected chi connectivity index (χ2v) is 6.24. The first-order chi connectivity index (χ1) is 13.5. The van der Waals surface area contributed by atoms with E-state index in [4.69, 9.17) is 19.8 Å². The van der Waals surface area contributed by atoms with Gasteiger partial charge in [0.2, 0.25) is 5.82 Å². The summed E-state index contributed by atoms with van der Waals surface area (Å²) in [4.78, 5) is 48.0. The van der Waals surface area contributed by atoms with Crippen LogP contribution in [0.25, 0.3) is 0 Å². The molecule has 2 saturated heterocycles. The van der Waals surface area contributed by atoms with Gasteiger partial charge in [0.15, 0.2) is 0 Å². The lowest BCUT2D eigenvalue weighted by Crippen LogP contribution is -2.50. The zero-order valence-electron chi connectivity index (χ0n) is 15.3. The largest absolute Gasteiger partial charge is 0.483 e. The lowest BCUT2D eigenvalue weighted by Gasteiger charge is -2.41. The molecule has 1 atom stereocenters. The van der Waals surface area contributed by atoms with E-state index in [9.17, 15) is 14.7 Å². The summed E-state index contributed by atoms with van der Waals surface area (Å²) in [5.74, 6) is -0.773. The van der Waals surface area contributed by atoms with E-state index in [-0.39, 0.29) is 30.6 Å². The molecule has 1 amide bonds. The smallest absolute Gasteiger partial charge is 0.307 e. The predicted octanol–water partition coefficient (Wildman–Crippen LogP) is -0.392. The SMILES string of the molecule is O=C(O)C1CCCN(C2CCN(C(=O)c3ncn[nH]3)CC2)C1.O=CO.O=CO. The van der Waals surface area contributed by atoms with E-state index in [1.54, 1.807) is 4.90 Å². The van der Waals surface area contributed by atoms with Crippen LogP contribution in [0.4, 0.5) is 0 Å². The third kappa shape index (κ3) is 6.95. The number of aliphatic carboxylic acids is 1. The van der Waals surface area contributed by atoms with Gasteiger partial charge >= 0.3 is 5.97 Å². The van der Waals surface area contributed by atoms with Crippen molar-refractivity contribution in [1.29, 1.82) is 0 Å². The zero-order chi connectivity index (χ0) is 20.9. The first-order valence-corrected chi connectivity index (χ1v) is 8.75. The van der Waals surface area contributed by atoms with Crippen molar-refractivity contribution in [2.45, 2.75) is 31.7 Å². The van der Waals surface area contributed by atoms with Crippen molar-refractivity contribution in [1.82, 2.24) is 25.0 Å². The number of H-pyrrole nitrogens is 1. The Balaban J connectivity index is 0.000000582. The average Bonchev–Trinajstić information content (AvgIpc) is 3.24. The number of carboxylic acids is 1. The molecule has 0 radical (unpaired) electrons. The normalized spacial score (nSPS) is 20.0. The third-order valence-corrected chi connectivity index (χ3v) is 4.69. The Morgan fingerprint density at radius 2 is 1.71 bits per heavy atom. The van der Waals surface area contributed by atoms with Crippen LogP contribution in [0, 0.1) is 5.92 Å². The summed E-state index contributed by atoms with van der Waals surface area (Å²) in [6.07, 6.45) is 4.81. The van der Waals surface area contributed by atoms with Gasteiger partial charge in [-0.25, -0.2) is 4.98 Å². The van der Waals surface area contributed by atoms with Crippen molar-refractivity contribution < 1.29 is 34.5 Å². The highest BCUT2D eigenvalue weighted by Crippen LogP contribution is 2.24. The van der Waals surface area contributed by atoms with Crippen LogP contribution in [0.5, 0.6) is 0 Å². The quantitative estimate of drug-likeness (QED) is 0.489. The minimum absolute atomic E-state index is 0.113. The van der Waals surface area contributed by atoms with Gasteiger partial charge in [0.1, 0.15) is 6.33 Å². The van der Waals surface area contributed by atoms with Gasteiger partial charge in [0.25, 0.3) is 18.9 Å². The monoisotopic (exact) mass is 399 g/mol. The Morgan fingerprint density at radius 1 is 1.11 bits per heavy atom. The van der Waals surface area contributed by atoms with E-state index >= 15 is 0 Å². The number of carbonyl (C=O) groups excluding carboxylic acids is 1. The predicted molar refractivity (Wildman–Crippen MR) is 94.6 cm³/mol. The van der Waals surface area contributed by atoms with E-state index in [2.05, 4.69) is 20.1 Å². The number of hydrogen-bond donors (Lipinski definition) is 4. The molecule has 156 valence electrons. The molecule has 1 aromatic rings. The lowest BCUT2D eigenvalue weighted by atomic mass is 9.94. The molecule has 0 aliphatic carbocycles. The first-order valence-electron chi connectivity index (χ1n) is 8.75. The summed E-state index contributed by atoms with van der Waals surface area (Å²) < 4.78 is 0. The Morgan fingerprint density at radius 3 is 2.21 bits per heavy atom. The molecule has 2 aliphatic rings. The minimum atomic E-state index is -0.692. The minimum Gasteiger partial charge on any atom is -0.483 e. The molecule has 0 spiro atoms. The van der Waals surface area contributed by atoms with Gasteiger partial charge < -0.3 is 20.2 Å². The maximum atomic E-state index is 12.2. The molecule has 4 N–H and O–H groups in total. The molecule has 1 aromatic heterocycles. The van der Waals surface area contributed by atoms with Gasteiger partial charge in [0.05, 0.1) is 5.92 Å². The summed E-state index contributed by atoms with van der Waals surface area (Å²) >= 11 is 0. The Kier molecular flexibility index (Phi) is 10.2. The van der Waals surface area contributed by atoms with Crippen LogP contribution in [-0.2, 0) is 14.4 Å². The number of rotatable bonds is 3. The molecular weight excluding hydrogens is 374 g/mol. The number of carboxylic acid groups (broad SMARTS) is 3. The maximum absolute atomic E-state index is 12.2. The molecule has 12 nitrogen and oxygen atoms in total. The number of nitrogens with one attached hydrogen (secondary N) is 1. The van der Waals surface area contributed by atoms with E-state index in [1.165, 1.54) is 6.33 Å². The molecule has 12 heteroatoms. The topological polar surface area (TPSA) is 177 Å². The third-order valence-electron chi connectivity index (χ3n) is 4.69.